The molecule has 4 N–H and O–H groups in total. The summed E-state index contributed by atoms with van der Waals surface area (Å²) in [6.45, 7) is 7.36. The van der Waals surface area contributed by atoms with Crippen LogP contribution in [0.25, 0.3) is 6.08 Å². The molecule has 0 unspecified atom stereocenters. The van der Waals surface area contributed by atoms with E-state index in [1.165, 1.54) is 6.08 Å². The predicted molar refractivity (Wildman–Crippen MR) is 138 cm³/mol. The second kappa shape index (κ2) is 12.8. The number of amides is 4. The number of fused-ring (bicyclic) bond motifs is 2. The van der Waals surface area contributed by atoms with Crippen LogP contribution >= 0.6 is 0 Å². The lowest BCUT2D eigenvalue weighted by atomic mass is 10.0. The third-order valence-electron chi connectivity index (χ3n) is 6.08. The molecule has 10 nitrogen and oxygen atoms in total. The fourth-order valence-electron chi connectivity index (χ4n) is 3.92. The molecule has 3 atom stereocenters. The van der Waals surface area contributed by atoms with Crippen molar-refractivity contribution in [3.05, 3.63) is 59.3 Å². The van der Waals surface area contributed by atoms with Gasteiger partial charge in [0, 0.05) is 12.6 Å². The molecule has 1 aromatic carbocycles. The van der Waals surface area contributed by atoms with E-state index in [2.05, 4.69) is 26.3 Å². The molecular weight excluding hydrogens is 474 g/mol. The number of hydrogen-bond acceptors (Lipinski definition) is 6. The monoisotopic (exact) mass is 509 g/mol. The predicted octanol–water partition coefficient (Wildman–Crippen LogP) is 2.41. The van der Waals surface area contributed by atoms with E-state index in [-0.39, 0.29) is 35.1 Å². The summed E-state index contributed by atoms with van der Waals surface area (Å²) in [5.74, 6) is -1.29. The molecule has 2 aromatic rings. The lowest BCUT2D eigenvalue weighted by molar-refractivity contribution is -0.128. The number of nitrogens with zero attached hydrogens (tertiary/aromatic N) is 1. The van der Waals surface area contributed by atoms with Gasteiger partial charge >= 0.3 is 0 Å². The summed E-state index contributed by atoms with van der Waals surface area (Å²) >= 11 is 0. The van der Waals surface area contributed by atoms with Gasteiger partial charge in [0.05, 0.1) is 0 Å². The van der Waals surface area contributed by atoms with Crippen molar-refractivity contribution in [2.75, 3.05) is 6.54 Å². The lowest BCUT2D eigenvalue weighted by Crippen LogP contribution is -2.48. The van der Waals surface area contributed by atoms with Crippen molar-refractivity contribution in [3.8, 4) is 0 Å². The smallest absolute Gasteiger partial charge is 0.274 e. The third-order valence-corrected chi connectivity index (χ3v) is 6.08. The molecule has 0 radical (unpaired) electrons. The largest absolute Gasteiger partial charge is 0.443 e. The molecule has 4 amide bonds. The van der Waals surface area contributed by atoms with E-state index in [1.807, 2.05) is 44.2 Å². The quantitative estimate of drug-likeness (QED) is 0.466. The topological polar surface area (TPSA) is 142 Å². The average Bonchev–Trinajstić information content (AvgIpc) is 3.25. The standard InChI is InChI=1S/C27H35N5O5/c1-16(2)22-27-32-23(18(4)37-27)26(36)29-17(3)24(34)28-15-9-8-12-20(25(35)31-22)30-21(33)14-13-19-10-6-5-7-11-19/h5-7,10-11,13-14,16-17,20,22H,8-9,12,15H2,1-4H3,(H,28,34)(H,29,36)(H,30,33)(H,31,35)/b14-13+/t17-,20+,22+/m1/s1. The van der Waals surface area contributed by atoms with E-state index in [4.69, 9.17) is 4.42 Å². The second-order valence-corrected chi connectivity index (χ2v) is 9.47. The molecule has 2 bridgehead atoms. The minimum absolute atomic E-state index is 0.0533. The van der Waals surface area contributed by atoms with E-state index in [1.54, 1.807) is 19.9 Å². The van der Waals surface area contributed by atoms with Crippen LogP contribution in [0.15, 0.2) is 40.8 Å². The van der Waals surface area contributed by atoms with Crippen molar-refractivity contribution in [1.29, 1.82) is 0 Å². The van der Waals surface area contributed by atoms with Crippen LogP contribution in [0, 0.1) is 12.8 Å². The van der Waals surface area contributed by atoms with Gasteiger partial charge in [0.1, 0.15) is 23.9 Å². The number of aromatic nitrogens is 1. The first-order valence-electron chi connectivity index (χ1n) is 12.6. The van der Waals surface area contributed by atoms with E-state index in [0.29, 0.717) is 25.8 Å². The molecule has 198 valence electrons. The molecule has 2 heterocycles. The Morgan fingerprint density at radius 2 is 1.84 bits per heavy atom. The van der Waals surface area contributed by atoms with Crippen molar-refractivity contribution >= 4 is 29.7 Å². The van der Waals surface area contributed by atoms with Crippen LogP contribution in [-0.4, -0.2) is 47.2 Å². The number of oxazole rings is 1. The Morgan fingerprint density at radius 3 is 2.54 bits per heavy atom. The van der Waals surface area contributed by atoms with Gasteiger partial charge in [0.2, 0.25) is 23.6 Å². The molecule has 0 fully saturated rings. The summed E-state index contributed by atoms with van der Waals surface area (Å²) in [7, 11) is 0. The molecule has 1 aliphatic heterocycles. The first-order valence-corrected chi connectivity index (χ1v) is 12.6. The maximum Gasteiger partial charge on any atom is 0.274 e. The Balaban J connectivity index is 1.84. The van der Waals surface area contributed by atoms with Crippen LogP contribution in [0.3, 0.4) is 0 Å². The second-order valence-electron chi connectivity index (χ2n) is 9.47. The minimum atomic E-state index is -0.810. The number of nitrogens with one attached hydrogen (secondary N) is 4. The van der Waals surface area contributed by atoms with Crippen LogP contribution in [0.2, 0.25) is 0 Å². The Hall–Kier alpha value is -3.95. The van der Waals surface area contributed by atoms with Crippen molar-refractivity contribution in [1.82, 2.24) is 26.3 Å². The summed E-state index contributed by atoms with van der Waals surface area (Å²) in [5.41, 5.74) is 0.918. The van der Waals surface area contributed by atoms with E-state index in [0.717, 1.165) is 5.56 Å². The van der Waals surface area contributed by atoms with Crippen molar-refractivity contribution in [2.24, 2.45) is 5.92 Å². The summed E-state index contributed by atoms with van der Waals surface area (Å²) < 4.78 is 5.76. The Bertz CT molecular complexity index is 1140. The molecule has 0 saturated carbocycles. The summed E-state index contributed by atoms with van der Waals surface area (Å²) in [6.07, 6.45) is 4.62. The highest BCUT2D eigenvalue weighted by Gasteiger charge is 2.30. The van der Waals surface area contributed by atoms with Gasteiger partial charge in [-0.05, 0) is 50.7 Å². The lowest BCUT2D eigenvalue weighted by Gasteiger charge is -2.24. The van der Waals surface area contributed by atoms with E-state index in [9.17, 15) is 19.2 Å². The highest BCUT2D eigenvalue weighted by atomic mass is 16.4. The fraction of sp³-hybridized carbons (Fsp3) is 0.444. The highest BCUT2D eigenvalue weighted by Crippen LogP contribution is 2.24. The van der Waals surface area contributed by atoms with Crippen LogP contribution in [-0.2, 0) is 14.4 Å². The molecule has 1 aromatic heterocycles. The first-order chi connectivity index (χ1) is 17.7. The van der Waals surface area contributed by atoms with Gasteiger partial charge in [-0.25, -0.2) is 4.98 Å². The number of carbonyl (C=O) groups excluding carboxylic acids is 4. The minimum Gasteiger partial charge on any atom is -0.443 e. The molecule has 37 heavy (non-hydrogen) atoms. The first kappa shape index (κ1) is 27.6. The molecule has 3 rings (SSSR count). The zero-order valence-corrected chi connectivity index (χ0v) is 21.7. The molecule has 10 heteroatoms. The maximum absolute atomic E-state index is 13.3. The summed E-state index contributed by atoms with van der Waals surface area (Å²) in [5, 5.41) is 11.2. The van der Waals surface area contributed by atoms with Crippen LogP contribution in [0.4, 0.5) is 0 Å². The van der Waals surface area contributed by atoms with Crippen molar-refractivity contribution < 1.29 is 23.6 Å². The van der Waals surface area contributed by atoms with Gasteiger partial charge in [0.25, 0.3) is 5.91 Å². The number of rotatable bonds is 4. The van der Waals surface area contributed by atoms with Gasteiger partial charge in [-0.3, -0.25) is 19.2 Å². The van der Waals surface area contributed by atoms with E-state index < -0.39 is 29.9 Å². The maximum atomic E-state index is 13.3. The molecule has 1 aliphatic rings. The third kappa shape index (κ3) is 7.77. The summed E-state index contributed by atoms with van der Waals surface area (Å²) in [4.78, 5) is 55.4. The zero-order chi connectivity index (χ0) is 26.9. The fourth-order valence-corrected chi connectivity index (χ4v) is 3.92. The van der Waals surface area contributed by atoms with Crippen molar-refractivity contribution in [3.63, 3.8) is 0 Å². The van der Waals surface area contributed by atoms with E-state index >= 15 is 0 Å². The Kier molecular flexibility index (Phi) is 9.59. The van der Waals surface area contributed by atoms with Gasteiger partial charge in [-0.15, -0.1) is 0 Å². The van der Waals surface area contributed by atoms with Crippen LogP contribution in [0.1, 0.15) is 73.8 Å². The van der Waals surface area contributed by atoms with Crippen molar-refractivity contribution in [2.45, 2.75) is 65.1 Å². The van der Waals surface area contributed by atoms with Gasteiger partial charge in [-0.2, -0.15) is 0 Å². The number of aryl methyl sites for hydroxylation is 1. The Morgan fingerprint density at radius 1 is 1.11 bits per heavy atom. The van der Waals surface area contributed by atoms with Crippen LogP contribution in [0.5, 0.6) is 0 Å². The number of hydrogen-bond donors (Lipinski definition) is 4. The molecular formula is C27H35N5O5. The summed E-state index contributed by atoms with van der Waals surface area (Å²) in [6, 6.07) is 7.19. The van der Waals surface area contributed by atoms with Gasteiger partial charge in [-0.1, -0.05) is 44.2 Å². The van der Waals surface area contributed by atoms with Gasteiger partial charge < -0.3 is 25.7 Å². The molecule has 0 saturated heterocycles. The number of benzene rings is 1. The molecule has 0 aliphatic carbocycles. The SMILES string of the molecule is Cc1oc2nc1C(=O)N[C@H](C)C(=O)NCCCC[C@H](NC(=O)/C=C/c1ccccc1)C(=O)N[C@H]2C(C)C. The normalized spacial score (nSPS) is 21.9. The molecule has 0 spiro atoms. The average molecular weight is 510 g/mol. The van der Waals surface area contributed by atoms with Gasteiger partial charge in [0.15, 0.2) is 5.69 Å². The Labute approximate surface area is 216 Å². The van der Waals surface area contributed by atoms with Crippen LogP contribution < -0.4 is 21.3 Å². The zero-order valence-electron chi connectivity index (χ0n) is 21.7. The number of carbonyl (C=O) groups is 4. The highest BCUT2D eigenvalue weighted by molar-refractivity contribution is 5.97.